The summed E-state index contributed by atoms with van der Waals surface area (Å²) in [6.45, 7) is 1.37. The van der Waals surface area contributed by atoms with Gasteiger partial charge in [0.25, 0.3) is 5.69 Å². The van der Waals surface area contributed by atoms with Gasteiger partial charge in [-0.3, -0.25) is 10.1 Å². The maximum Gasteiger partial charge on any atom is 0.272 e. The van der Waals surface area contributed by atoms with E-state index in [2.05, 4.69) is 5.32 Å². The maximum absolute atomic E-state index is 10.6. The number of anilines is 1. The zero-order valence-electron chi connectivity index (χ0n) is 9.49. The minimum Gasteiger partial charge on any atom is -0.380 e. The quantitative estimate of drug-likeness (QED) is 0.681. The Hall–Kier alpha value is -1.04. The highest BCUT2D eigenvalue weighted by Gasteiger charge is 2.18. The van der Waals surface area contributed by atoms with Crippen molar-refractivity contribution in [1.29, 1.82) is 0 Å². The molecule has 0 aliphatic carbocycles. The number of hydrogen-bond acceptors (Lipinski definition) is 4. The van der Waals surface area contributed by atoms with Crippen molar-refractivity contribution in [2.45, 2.75) is 18.9 Å². The average Bonchev–Trinajstić information content (AvgIpc) is 2.80. The van der Waals surface area contributed by atoms with E-state index in [9.17, 15) is 10.1 Å². The summed E-state index contributed by atoms with van der Waals surface area (Å²) in [7, 11) is 0. The summed E-state index contributed by atoms with van der Waals surface area (Å²) in [5, 5.41) is 14.2. The highest BCUT2D eigenvalue weighted by molar-refractivity contribution is 6.39. The van der Waals surface area contributed by atoms with Gasteiger partial charge in [-0.05, 0) is 12.8 Å². The van der Waals surface area contributed by atoms with Crippen molar-refractivity contribution in [2.75, 3.05) is 18.5 Å². The van der Waals surface area contributed by atoms with Gasteiger partial charge < -0.3 is 10.1 Å². The van der Waals surface area contributed by atoms with Gasteiger partial charge in [0.2, 0.25) is 0 Å². The Morgan fingerprint density at radius 3 is 2.61 bits per heavy atom. The summed E-state index contributed by atoms with van der Waals surface area (Å²) >= 11 is 11.9. The number of nitrogens with zero attached hydrogens (tertiary/aromatic N) is 1. The van der Waals surface area contributed by atoms with Crippen molar-refractivity contribution in [1.82, 2.24) is 0 Å². The van der Waals surface area contributed by atoms with Crippen LogP contribution in [0.4, 0.5) is 11.4 Å². The smallest absolute Gasteiger partial charge is 0.272 e. The molecular weight excluding hydrogens is 279 g/mol. The molecule has 7 heteroatoms. The number of nitrogens with one attached hydrogen (secondary N) is 1. The first-order chi connectivity index (χ1) is 8.58. The Bertz CT molecular complexity index is 439. The standard InChI is InChI=1S/C11H12Cl2N2O3/c12-9-4-7(15(16)17)5-10(13)11(9)14-6-8-2-1-3-18-8/h4-5,8,14H,1-3,6H2. The summed E-state index contributed by atoms with van der Waals surface area (Å²) in [5.74, 6) is 0. The number of benzene rings is 1. The molecule has 1 fully saturated rings. The van der Waals surface area contributed by atoms with Crippen molar-refractivity contribution >= 4 is 34.6 Å². The Labute approximate surface area is 114 Å². The Morgan fingerprint density at radius 2 is 2.11 bits per heavy atom. The fourth-order valence-corrected chi connectivity index (χ4v) is 2.46. The molecule has 5 nitrogen and oxygen atoms in total. The summed E-state index contributed by atoms with van der Waals surface area (Å²) in [6, 6.07) is 2.57. The van der Waals surface area contributed by atoms with Gasteiger partial charge >= 0.3 is 0 Å². The molecule has 1 aliphatic rings. The molecule has 1 unspecified atom stereocenters. The predicted molar refractivity (Wildman–Crippen MR) is 70.6 cm³/mol. The second-order valence-corrected chi connectivity index (χ2v) is 4.87. The molecule has 1 aromatic carbocycles. The monoisotopic (exact) mass is 290 g/mol. The lowest BCUT2D eigenvalue weighted by molar-refractivity contribution is -0.384. The molecule has 98 valence electrons. The van der Waals surface area contributed by atoms with Crippen LogP contribution < -0.4 is 5.32 Å². The predicted octanol–water partition coefficient (Wildman–Crippen LogP) is 3.49. The van der Waals surface area contributed by atoms with Crippen molar-refractivity contribution in [3.8, 4) is 0 Å². The van der Waals surface area contributed by atoms with Crippen LogP contribution in [0.5, 0.6) is 0 Å². The second-order valence-electron chi connectivity index (χ2n) is 4.06. The van der Waals surface area contributed by atoms with E-state index < -0.39 is 4.92 Å². The van der Waals surface area contributed by atoms with Crippen LogP contribution in [0, 0.1) is 10.1 Å². The molecule has 1 heterocycles. The first kappa shape index (κ1) is 13.4. The largest absolute Gasteiger partial charge is 0.380 e. The van der Waals surface area contributed by atoms with Gasteiger partial charge in [-0.15, -0.1) is 0 Å². The molecule has 1 atom stereocenters. The molecule has 0 saturated carbocycles. The summed E-state index contributed by atoms with van der Waals surface area (Å²) in [4.78, 5) is 10.1. The fraction of sp³-hybridized carbons (Fsp3) is 0.455. The lowest BCUT2D eigenvalue weighted by Crippen LogP contribution is -2.18. The van der Waals surface area contributed by atoms with Crippen LogP contribution in [0.2, 0.25) is 10.0 Å². The normalized spacial score (nSPS) is 18.9. The molecule has 0 amide bonds. The summed E-state index contributed by atoms with van der Waals surface area (Å²) in [5.41, 5.74) is 0.395. The van der Waals surface area contributed by atoms with Crippen LogP contribution in [0.3, 0.4) is 0 Å². The van der Waals surface area contributed by atoms with Gasteiger partial charge in [0.15, 0.2) is 0 Å². The number of ether oxygens (including phenoxy) is 1. The Balaban J connectivity index is 2.10. The number of halogens is 2. The lowest BCUT2D eigenvalue weighted by Gasteiger charge is -2.14. The molecule has 1 aliphatic heterocycles. The first-order valence-corrected chi connectivity index (χ1v) is 6.32. The molecule has 1 N–H and O–H groups in total. The highest BCUT2D eigenvalue weighted by atomic mass is 35.5. The summed E-state index contributed by atoms with van der Waals surface area (Å²) < 4.78 is 5.46. The van der Waals surface area contributed by atoms with Gasteiger partial charge in [0.1, 0.15) is 0 Å². The third-order valence-corrected chi connectivity index (χ3v) is 3.36. The van der Waals surface area contributed by atoms with Crippen LogP contribution in [-0.2, 0) is 4.74 Å². The van der Waals surface area contributed by atoms with Gasteiger partial charge in [-0.1, -0.05) is 23.2 Å². The number of nitro benzene ring substituents is 1. The van der Waals surface area contributed by atoms with E-state index in [-0.39, 0.29) is 21.8 Å². The molecule has 0 bridgehead atoms. The lowest BCUT2D eigenvalue weighted by atomic mass is 10.2. The molecule has 1 aromatic rings. The average molecular weight is 291 g/mol. The van der Waals surface area contributed by atoms with Crippen molar-refractivity contribution in [2.24, 2.45) is 0 Å². The van der Waals surface area contributed by atoms with Crippen LogP contribution in [-0.4, -0.2) is 24.2 Å². The Kier molecular flexibility index (Phi) is 4.27. The van der Waals surface area contributed by atoms with Crippen molar-refractivity contribution < 1.29 is 9.66 Å². The van der Waals surface area contributed by atoms with Gasteiger partial charge in [0.05, 0.1) is 26.8 Å². The number of hydrogen-bond donors (Lipinski definition) is 1. The molecular formula is C11H12Cl2N2O3. The highest BCUT2D eigenvalue weighted by Crippen LogP contribution is 2.34. The molecule has 0 spiro atoms. The van der Waals surface area contributed by atoms with E-state index in [1.807, 2.05) is 0 Å². The molecule has 2 rings (SSSR count). The van der Waals surface area contributed by atoms with E-state index >= 15 is 0 Å². The van der Waals surface area contributed by atoms with Crippen LogP contribution in [0.1, 0.15) is 12.8 Å². The zero-order valence-corrected chi connectivity index (χ0v) is 11.0. The van der Waals surface area contributed by atoms with E-state index in [0.717, 1.165) is 19.4 Å². The minimum absolute atomic E-state index is 0.118. The third-order valence-electron chi connectivity index (χ3n) is 2.77. The molecule has 0 radical (unpaired) electrons. The van der Waals surface area contributed by atoms with E-state index in [1.54, 1.807) is 0 Å². The Morgan fingerprint density at radius 1 is 1.44 bits per heavy atom. The zero-order chi connectivity index (χ0) is 13.1. The maximum atomic E-state index is 10.6. The molecule has 1 saturated heterocycles. The third kappa shape index (κ3) is 3.04. The van der Waals surface area contributed by atoms with Gasteiger partial charge in [-0.2, -0.15) is 0 Å². The minimum atomic E-state index is -0.526. The number of nitro groups is 1. The fourth-order valence-electron chi connectivity index (χ4n) is 1.86. The SMILES string of the molecule is O=[N+]([O-])c1cc(Cl)c(NCC2CCCO2)c(Cl)c1. The van der Waals surface area contributed by atoms with E-state index in [0.29, 0.717) is 12.2 Å². The van der Waals surface area contributed by atoms with Crippen LogP contribution in [0.25, 0.3) is 0 Å². The van der Waals surface area contributed by atoms with Crippen LogP contribution >= 0.6 is 23.2 Å². The van der Waals surface area contributed by atoms with Gasteiger partial charge in [0, 0.05) is 25.3 Å². The van der Waals surface area contributed by atoms with E-state index in [4.69, 9.17) is 27.9 Å². The van der Waals surface area contributed by atoms with E-state index in [1.165, 1.54) is 12.1 Å². The molecule has 0 aromatic heterocycles. The summed E-state index contributed by atoms with van der Waals surface area (Å²) in [6.07, 6.45) is 2.19. The number of rotatable bonds is 4. The number of non-ortho nitro benzene ring substituents is 1. The van der Waals surface area contributed by atoms with Crippen LogP contribution in [0.15, 0.2) is 12.1 Å². The topological polar surface area (TPSA) is 64.4 Å². The van der Waals surface area contributed by atoms with Crippen molar-refractivity contribution in [3.63, 3.8) is 0 Å². The molecule has 18 heavy (non-hydrogen) atoms. The van der Waals surface area contributed by atoms with Crippen molar-refractivity contribution in [3.05, 3.63) is 32.3 Å². The first-order valence-electron chi connectivity index (χ1n) is 5.57. The van der Waals surface area contributed by atoms with Gasteiger partial charge in [-0.25, -0.2) is 0 Å². The second kappa shape index (κ2) is 5.73.